The van der Waals surface area contributed by atoms with E-state index < -0.39 is 0 Å². The number of fused-ring (bicyclic) bond motifs is 2. The van der Waals surface area contributed by atoms with Gasteiger partial charge in [-0.3, -0.25) is 9.59 Å². The summed E-state index contributed by atoms with van der Waals surface area (Å²) in [4.78, 5) is 29.7. The van der Waals surface area contributed by atoms with Crippen molar-refractivity contribution in [1.82, 2.24) is 14.4 Å². The summed E-state index contributed by atoms with van der Waals surface area (Å²) in [6, 6.07) is 12.5. The lowest BCUT2D eigenvalue weighted by atomic mass is 9.73. The SMILES string of the molecule is CCN(CC)C(=O)C[C@@H]1CC2(CCN(C(=O)c3cccn3C)CC2)c2ccccc21. The van der Waals surface area contributed by atoms with Gasteiger partial charge in [-0.15, -0.1) is 0 Å². The molecule has 0 N–H and O–H groups in total. The number of aryl methyl sites for hydroxylation is 1. The van der Waals surface area contributed by atoms with Crippen LogP contribution in [0.2, 0.25) is 0 Å². The number of hydrogen-bond donors (Lipinski definition) is 0. The van der Waals surface area contributed by atoms with Gasteiger partial charge in [0.2, 0.25) is 5.91 Å². The van der Waals surface area contributed by atoms with Crippen molar-refractivity contribution in [2.45, 2.75) is 50.9 Å². The third-order valence-electron chi connectivity index (χ3n) is 7.32. The fraction of sp³-hybridized carbons (Fsp3) is 0.520. The van der Waals surface area contributed by atoms with Crippen LogP contribution in [-0.4, -0.2) is 52.4 Å². The van der Waals surface area contributed by atoms with E-state index in [1.165, 1.54) is 11.1 Å². The Labute approximate surface area is 179 Å². The van der Waals surface area contributed by atoms with E-state index in [1.54, 1.807) is 0 Å². The Balaban J connectivity index is 1.51. The number of benzene rings is 1. The Hall–Kier alpha value is -2.56. The van der Waals surface area contributed by atoms with Crippen molar-refractivity contribution in [3.63, 3.8) is 0 Å². The quantitative estimate of drug-likeness (QED) is 0.754. The molecule has 2 aromatic rings. The molecule has 5 nitrogen and oxygen atoms in total. The third-order valence-corrected chi connectivity index (χ3v) is 7.32. The standard InChI is InChI=1S/C25H33N3O2/c1-4-27(5-2)23(29)17-19-18-25(21-10-7-6-9-20(19)21)12-15-28(16-13-25)24(30)22-11-8-14-26(22)3/h6-11,14,19H,4-5,12-13,15-18H2,1-3H3/t19-/m1/s1. The Morgan fingerprint density at radius 2 is 1.77 bits per heavy atom. The Bertz CT molecular complexity index is 920. The summed E-state index contributed by atoms with van der Waals surface area (Å²) in [5.74, 6) is 0.662. The van der Waals surface area contributed by atoms with E-state index in [2.05, 4.69) is 24.3 Å². The van der Waals surface area contributed by atoms with Gasteiger partial charge >= 0.3 is 0 Å². The molecule has 1 fully saturated rings. The lowest BCUT2D eigenvalue weighted by Gasteiger charge is -2.40. The van der Waals surface area contributed by atoms with Crippen molar-refractivity contribution < 1.29 is 9.59 Å². The van der Waals surface area contributed by atoms with Crippen molar-refractivity contribution in [3.05, 3.63) is 59.4 Å². The van der Waals surface area contributed by atoms with Crippen LogP contribution in [0.15, 0.2) is 42.6 Å². The molecule has 2 heterocycles. The lowest BCUT2D eigenvalue weighted by molar-refractivity contribution is -0.131. The second kappa shape index (κ2) is 8.29. The predicted octanol–water partition coefficient (Wildman–Crippen LogP) is 3.94. The molecule has 1 aliphatic heterocycles. The van der Waals surface area contributed by atoms with E-state index in [0.717, 1.165) is 51.1 Å². The molecule has 1 atom stereocenters. The molecule has 160 valence electrons. The van der Waals surface area contributed by atoms with Crippen LogP contribution < -0.4 is 0 Å². The Morgan fingerprint density at radius 1 is 1.07 bits per heavy atom. The zero-order valence-electron chi connectivity index (χ0n) is 18.4. The van der Waals surface area contributed by atoms with Crippen molar-refractivity contribution in [2.24, 2.45) is 7.05 Å². The first-order valence-corrected chi connectivity index (χ1v) is 11.3. The molecule has 1 saturated heterocycles. The maximum atomic E-state index is 12.9. The number of hydrogen-bond acceptors (Lipinski definition) is 2. The third kappa shape index (κ3) is 3.55. The van der Waals surface area contributed by atoms with Gasteiger partial charge in [0, 0.05) is 45.8 Å². The maximum absolute atomic E-state index is 12.9. The highest BCUT2D eigenvalue weighted by Gasteiger charge is 2.46. The first-order valence-electron chi connectivity index (χ1n) is 11.3. The van der Waals surface area contributed by atoms with Crippen LogP contribution in [-0.2, 0) is 17.3 Å². The fourth-order valence-electron chi connectivity index (χ4n) is 5.58. The van der Waals surface area contributed by atoms with Gasteiger partial charge in [-0.1, -0.05) is 24.3 Å². The van der Waals surface area contributed by atoms with Gasteiger partial charge in [-0.2, -0.15) is 0 Å². The molecule has 4 rings (SSSR count). The minimum atomic E-state index is 0.0930. The molecule has 0 unspecified atom stereocenters. The highest BCUT2D eigenvalue weighted by molar-refractivity contribution is 5.92. The molecule has 1 aromatic heterocycles. The van der Waals surface area contributed by atoms with Crippen LogP contribution in [0.4, 0.5) is 0 Å². The molecule has 5 heteroatoms. The molecule has 2 amide bonds. The first-order chi connectivity index (χ1) is 14.5. The molecule has 1 aliphatic carbocycles. The van der Waals surface area contributed by atoms with Crippen molar-refractivity contribution in [2.75, 3.05) is 26.2 Å². The Morgan fingerprint density at radius 3 is 2.40 bits per heavy atom. The highest BCUT2D eigenvalue weighted by atomic mass is 16.2. The molecule has 30 heavy (non-hydrogen) atoms. The van der Waals surface area contributed by atoms with Gasteiger partial charge in [0.25, 0.3) is 5.91 Å². The molecule has 0 saturated carbocycles. The number of rotatable bonds is 5. The van der Waals surface area contributed by atoms with Gasteiger partial charge < -0.3 is 14.4 Å². The second-order valence-corrected chi connectivity index (χ2v) is 8.84. The number of aromatic nitrogens is 1. The van der Waals surface area contributed by atoms with Crippen LogP contribution >= 0.6 is 0 Å². The molecular formula is C25H33N3O2. The number of likely N-dealkylation sites (tertiary alicyclic amines) is 1. The van der Waals surface area contributed by atoms with Gasteiger partial charge in [0.15, 0.2) is 0 Å². The van der Waals surface area contributed by atoms with E-state index in [4.69, 9.17) is 0 Å². The van der Waals surface area contributed by atoms with Crippen LogP contribution in [0.3, 0.4) is 0 Å². The van der Waals surface area contributed by atoms with E-state index in [1.807, 2.05) is 53.6 Å². The Kier molecular flexibility index (Phi) is 5.72. The smallest absolute Gasteiger partial charge is 0.270 e. The van der Waals surface area contributed by atoms with Gasteiger partial charge in [-0.05, 0) is 67.7 Å². The largest absolute Gasteiger partial charge is 0.347 e. The number of carbonyl (C=O) groups is 2. The minimum Gasteiger partial charge on any atom is -0.347 e. The van der Waals surface area contributed by atoms with E-state index in [0.29, 0.717) is 6.42 Å². The summed E-state index contributed by atoms with van der Waals surface area (Å²) >= 11 is 0. The summed E-state index contributed by atoms with van der Waals surface area (Å²) in [6.45, 7) is 7.18. The molecule has 1 aromatic carbocycles. The number of carbonyl (C=O) groups excluding carboxylic acids is 2. The molecular weight excluding hydrogens is 374 g/mol. The lowest BCUT2D eigenvalue weighted by Crippen LogP contribution is -2.44. The minimum absolute atomic E-state index is 0.0930. The molecule has 0 bridgehead atoms. The van der Waals surface area contributed by atoms with Crippen LogP contribution in [0.5, 0.6) is 0 Å². The summed E-state index contributed by atoms with van der Waals surface area (Å²) in [7, 11) is 1.92. The van der Waals surface area contributed by atoms with Crippen LogP contribution in [0, 0.1) is 0 Å². The van der Waals surface area contributed by atoms with E-state index >= 15 is 0 Å². The van der Waals surface area contributed by atoms with E-state index in [9.17, 15) is 9.59 Å². The number of amides is 2. The average Bonchev–Trinajstić information content (AvgIpc) is 3.31. The topological polar surface area (TPSA) is 45.6 Å². The van der Waals surface area contributed by atoms with Crippen molar-refractivity contribution in [3.8, 4) is 0 Å². The predicted molar refractivity (Wildman–Crippen MR) is 119 cm³/mol. The number of nitrogens with zero attached hydrogens (tertiary/aromatic N) is 3. The monoisotopic (exact) mass is 407 g/mol. The van der Waals surface area contributed by atoms with Crippen molar-refractivity contribution in [1.29, 1.82) is 0 Å². The second-order valence-electron chi connectivity index (χ2n) is 8.84. The fourth-order valence-corrected chi connectivity index (χ4v) is 5.58. The average molecular weight is 408 g/mol. The highest BCUT2D eigenvalue weighted by Crippen LogP contribution is 2.52. The summed E-state index contributed by atoms with van der Waals surface area (Å²) in [5, 5.41) is 0. The van der Waals surface area contributed by atoms with Crippen molar-refractivity contribution >= 4 is 11.8 Å². The van der Waals surface area contributed by atoms with Crippen LogP contribution in [0.25, 0.3) is 0 Å². The maximum Gasteiger partial charge on any atom is 0.270 e. The molecule has 0 radical (unpaired) electrons. The summed E-state index contributed by atoms with van der Waals surface area (Å²) in [6.07, 6.45) is 5.47. The zero-order valence-corrected chi connectivity index (χ0v) is 18.4. The van der Waals surface area contributed by atoms with Gasteiger partial charge in [0.05, 0.1) is 0 Å². The van der Waals surface area contributed by atoms with E-state index in [-0.39, 0.29) is 23.1 Å². The van der Waals surface area contributed by atoms with Gasteiger partial charge in [0.1, 0.15) is 5.69 Å². The van der Waals surface area contributed by atoms with Crippen LogP contribution in [0.1, 0.15) is 67.1 Å². The zero-order chi connectivity index (χ0) is 21.3. The summed E-state index contributed by atoms with van der Waals surface area (Å²) in [5.41, 5.74) is 3.60. The molecule has 2 aliphatic rings. The first kappa shape index (κ1) is 20.7. The van der Waals surface area contributed by atoms with Gasteiger partial charge in [-0.25, -0.2) is 0 Å². The normalized spacial score (nSPS) is 19.7. The molecule has 1 spiro atoms. The summed E-state index contributed by atoms with van der Waals surface area (Å²) < 4.78 is 1.90. The number of piperidine rings is 1.